The highest BCUT2D eigenvalue weighted by Gasteiger charge is 2.21. The number of hydrogen-bond donors (Lipinski definition) is 2. The Morgan fingerprint density at radius 2 is 1.73 bits per heavy atom. The molecule has 0 aliphatic carbocycles. The van der Waals surface area contributed by atoms with Crippen LogP contribution in [0.5, 0.6) is 5.75 Å². The zero-order valence-electron chi connectivity index (χ0n) is 20.7. The summed E-state index contributed by atoms with van der Waals surface area (Å²) in [6.45, 7) is 3.17. The molecule has 0 bridgehead atoms. The van der Waals surface area contributed by atoms with Crippen LogP contribution in [-0.4, -0.2) is 79.1 Å². The van der Waals surface area contributed by atoms with Gasteiger partial charge in [0.1, 0.15) is 28.7 Å². The second-order valence-electron chi connectivity index (χ2n) is 8.49. The molecule has 1 fully saturated rings. The Hall–Kier alpha value is -3.60. The van der Waals surface area contributed by atoms with E-state index in [1.165, 1.54) is 18.3 Å². The van der Waals surface area contributed by atoms with Gasteiger partial charge < -0.3 is 25.2 Å². The molecular formula is C25H27Cl2N7O3. The number of hydrogen-bond acceptors (Lipinski definition) is 7. The molecular weight excluding hydrogens is 517 g/mol. The summed E-state index contributed by atoms with van der Waals surface area (Å²) in [6.07, 6.45) is 1.35. The van der Waals surface area contributed by atoms with E-state index in [9.17, 15) is 9.59 Å². The van der Waals surface area contributed by atoms with Crippen molar-refractivity contribution in [2.24, 2.45) is 0 Å². The second kappa shape index (κ2) is 11.6. The molecule has 37 heavy (non-hydrogen) atoms. The van der Waals surface area contributed by atoms with Crippen LogP contribution < -0.4 is 20.3 Å². The maximum atomic E-state index is 12.9. The zero-order valence-corrected chi connectivity index (χ0v) is 22.2. The molecule has 0 spiro atoms. The third-order valence-electron chi connectivity index (χ3n) is 6.00. The minimum Gasteiger partial charge on any atom is -0.495 e. The number of halogens is 2. The fraction of sp³-hybridized carbons (Fsp3) is 0.280. The van der Waals surface area contributed by atoms with E-state index in [0.717, 1.165) is 31.9 Å². The molecule has 4 rings (SSSR count). The molecule has 1 aliphatic heterocycles. The summed E-state index contributed by atoms with van der Waals surface area (Å²) in [6, 6.07) is 11.5. The van der Waals surface area contributed by atoms with Crippen molar-refractivity contribution < 1.29 is 14.3 Å². The number of rotatable bonds is 6. The Kier molecular flexibility index (Phi) is 8.32. The van der Waals surface area contributed by atoms with E-state index >= 15 is 0 Å². The lowest BCUT2D eigenvalue weighted by Crippen LogP contribution is -2.47. The highest BCUT2D eigenvalue weighted by atomic mass is 35.5. The van der Waals surface area contributed by atoms with Gasteiger partial charge in [-0.15, -0.1) is 0 Å². The third-order valence-corrected chi connectivity index (χ3v) is 6.69. The van der Waals surface area contributed by atoms with Gasteiger partial charge in [0.15, 0.2) is 0 Å². The molecule has 3 aromatic rings. The molecule has 2 N–H and O–H groups in total. The predicted molar refractivity (Wildman–Crippen MR) is 146 cm³/mol. The fourth-order valence-corrected chi connectivity index (χ4v) is 4.28. The number of piperazine rings is 1. The number of likely N-dealkylation sites (N-methyl/N-ethyl adjacent to an activating group) is 1. The van der Waals surface area contributed by atoms with Crippen LogP contribution in [0.25, 0.3) is 0 Å². The molecule has 0 atom stereocenters. The Labute approximate surface area is 225 Å². The van der Waals surface area contributed by atoms with Gasteiger partial charge in [0.25, 0.3) is 5.91 Å². The van der Waals surface area contributed by atoms with Gasteiger partial charge in [-0.2, -0.15) is 0 Å². The van der Waals surface area contributed by atoms with Gasteiger partial charge in [-0.3, -0.25) is 9.69 Å². The first-order valence-corrected chi connectivity index (χ1v) is 12.3. The lowest BCUT2D eigenvalue weighted by atomic mass is 10.1. The zero-order chi connectivity index (χ0) is 26.5. The molecule has 10 nitrogen and oxygen atoms in total. The van der Waals surface area contributed by atoms with E-state index in [4.69, 9.17) is 27.9 Å². The van der Waals surface area contributed by atoms with Gasteiger partial charge in [0.2, 0.25) is 0 Å². The quantitative estimate of drug-likeness (QED) is 0.468. The number of nitrogens with one attached hydrogen (secondary N) is 2. The molecule has 0 radical (unpaired) electrons. The first-order chi connectivity index (χ1) is 17.8. The maximum absolute atomic E-state index is 12.9. The monoisotopic (exact) mass is 543 g/mol. The fourth-order valence-electron chi connectivity index (χ4n) is 3.74. The number of carbonyl (C=O) groups excluding carboxylic acids is 2. The van der Waals surface area contributed by atoms with Crippen LogP contribution in [-0.2, 0) is 0 Å². The number of amides is 3. The number of aromatic nitrogens is 2. The number of carbonyl (C=O) groups is 2. The van der Waals surface area contributed by atoms with Gasteiger partial charge in [0, 0.05) is 50.5 Å². The summed E-state index contributed by atoms with van der Waals surface area (Å²) >= 11 is 12.5. The summed E-state index contributed by atoms with van der Waals surface area (Å²) in [5.41, 5.74) is 1.60. The average molecular weight is 544 g/mol. The molecule has 1 saturated heterocycles. The third kappa shape index (κ3) is 6.22. The SMILES string of the molecule is COc1ccc(Cl)c(NC(=O)N(C)c2cc(Nc3ccc(C(=O)N4CCN(C)CC4)cc3)ncn2)c1Cl. The van der Waals surface area contributed by atoms with E-state index in [0.29, 0.717) is 22.9 Å². The predicted octanol–water partition coefficient (Wildman–Crippen LogP) is 4.59. The van der Waals surface area contributed by atoms with Gasteiger partial charge in [-0.05, 0) is 43.4 Å². The van der Waals surface area contributed by atoms with Crippen molar-refractivity contribution in [1.29, 1.82) is 0 Å². The van der Waals surface area contributed by atoms with E-state index in [1.807, 2.05) is 17.0 Å². The first-order valence-electron chi connectivity index (χ1n) is 11.5. The molecule has 2 aromatic carbocycles. The number of ether oxygens (including phenoxy) is 1. The van der Waals surface area contributed by atoms with Crippen LogP contribution in [0, 0.1) is 0 Å². The molecule has 2 heterocycles. The van der Waals surface area contributed by atoms with E-state index in [2.05, 4.69) is 32.5 Å². The summed E-state index contributed by atoms with van der Waals surface area (Å²) in [5, 5.41) is 6.32. The van der Waals surface area contributed by atoms with E-state index < -0.39 is 6.03 Å². The lowest BCUT2D eigenvalue weighted by molar-refractivity contribution is 0.0664. The van der Waals surface area contributed by atoms with Crippen LogP contribution in [0.1, 0.15) is 10.4 Å². The Bertz CT molecular complexity index is 1280. The highest BCUT2D eigenvalue weighted by molar-refractivity contribution is 6.40. The molecule has 12 heteroatoms. The number of anilines is 4. The van der Waals surface area contributed by atoms with Crippen LogP contribution in [0.3, 0.4) is 0 Å². The molecule has 0 unspecified atom stereocenters. The minimum atomic E-state index is -0.506. The van der Waals surface area contributed by atoms with E-state index in [1.54, 1.807) is 37.4 Å². The van der Waals surface area contributed by atoms with Crippen molar-refractivity contribution >= 4 is 58.2 Å². The second-order valence-corrected chi connectivity index (χ2v) is 9.27. The topological polar surface area (TPSA) is 103 Å². The normalized spacial score (nSPS) is 13.7. The van der Waals surface area contributed by atoms with Gasteiger partial charge in [-0.25, -0.2) is 14.8 Å². The minimum absolute atomic E-state index is 0.0212. The van der Waals surface area contributed by atoms with Crippen molar-refractivity contribution in [1.82, 2.24) is 19.8 Å². The maximum Gasteiger partial charge on any atom is 0.327 e. The van der Waals surface area contributed by atoms with Crippen LogP contribution >= 0.6 is 23.2 Å². The van der Waals surface area contributed by atoms with Crippen LogP contribution in [0.15, 0.2) is 48.8 Å². The Balaban J connectivity index is 1.42. The number of methoxy groups -OCH3 is 1. The van der Waals surface area contributed by atoms with Gasteiger partial charge in [-0.1, -0.05) is 23.2 Å². The number of urea groups is 1. The number of benzene rings is 2. The average Bonchev–Trinajstić information content (AvgIpc) is 2.91. The van der Waals surface area contributed by atoms with Gasteiger partial charge >= 0.3 is 6.03 Å². The summed E-state index contributed by atoms with van der Waals surface area (Å²) < 4.78 is 5.19. The largest absolute Gasteiger partial charge is 0.495 e. The first kappa shape index (κ1) is 26.5. The lowest BCUT2D eigenvalue weighted by Gasteiger charge is -2.32. The highest BCUT2D eigenvalue weighted by Crippen LogP contribution is 2.37. The van der Waals surface area contributed by atoms with Gasteiger partial charge in [0.05, 0.1) is 17.8 Å². The van der Waals surface area contributed by atoms with Crippen molar-refractivity contribution in [3.8, 4) is 5.75 Å². The summed E-state index contributed by atoms with van der Waals surface area (Å²) in [5.74, 6) is 1.22. The van der Waals surface area contributed by atoms with Crippen molar-refractivity contribution in [2.75, 3.05) is 62.9 Å². The smallest absolute Gasteiger partial charge is 0.327 e. The summed E-state index contributed by atoms with van der Waals surface area (Å²) in [7, 11) is 5.08. The molecule has 194 valence electrons. The van der Waals surface area contributed by atoms with E-state index in [-0.39, 0.29) is 21.6 Å². The Morgan fingerprint density at radius 3 is 2.41 bits per heavy atom. The van der Waals surface area contributed by atoms with Crippen molar-refractivity contribution in [2.45, 2.75) is 0 Å². The van der Waals surface area contributed by atoms with Crippen molar-refractivity contribution in [3.63, 3.8) is 0 Å². The molecule has 0 saturated carbocycles. The number of nitrogens with zero attached hydrogens (tertiary/aromatic N) is 5. The van der Waals surface area contributed by atoms with Crippen molar-refractivity contribution in [3.05, 3.63) is 64.4 Å². The molecule has 3 amide bonds. The molecule has 1 aliphatic rings. The standard InChI is InChI=1S/C25H27Cl2N7O3/c1-32-10-12-34(13-11-32)24(35)16-4-6-17(7-5-16)30-20-14-21(29-15-28-20)33(2)25(36)31-23-18(26)8-9-19(37-3)22(23)27/h4-9,14-15H,10-13H2,1-3H3,(H,31,36)(H,28,29,30). The molecule has 1 aromatic heterocycles. The Morgan fingerprint density at radius 1 is 1.03 bits per heavy atom. The van der Waals surface area contributed by atoms with Crippen LogP contribution in [0.2, 0.25) is 10.0 Å². The van der Waals surface area contributed by atoms with Crippen LogP contribution in [0.4, 0.5) is 27.8 Å². The summed E-state index contributed by atoms with van der Waals surface area (Å²) in [4.78, 5) is 39.4.